The minimum atomic E-state index is -3.79. The van der Waals surface area contributed by atoms with Crippen LogP contribution in [0.25, 0.3) is 0 Å². The standard InChI is InChI=1S/C21H25N5O3S/c1-5-22-21-23-15(3)13-20(25-21)24-16-7-9-17(10-8-16)26-30(27,28)19-12-14(2)6-11-18(19)29-4/h6-13,26H,5H2,1-4H3,(H2,22,23,24,25). The van der Waals surface area contributed by atoms with Gasteiger partial charge in [-0.15, -0.1) is 0 Å². The molecule has 158 valence electrons. The number of hydrogen-bond donors (Lipinski definition) is 3. The van der Waals surface area contributed by atoms with E-state index in [-0.39, 0.29) is 4.90 Å². The average Bonchev–Trinajstić information content (AvgIpc) is 2.69. The molecule has 0 radical (unpaired) electrons. The lowest BCUT2D eigenvalue weighted by molar-refractivity contribution is 0.402. The van der Waals surface area contributed by atoms with Gasteiger partial charge in [0.1, 0.15) is 16.5 Å². The molecule has 1 aromatic heterocycles. The third-order valence-electron chi connectivity index (χ3n) is 4.21. The Bertz CT molecular complexity index is 1130. The molecule has 0 spiro atoms. The third-order valence-corrected chi connectivity index (χ3v) is 5.61. The Morgan fingerprint density at radius 1 is 0.967 bits per heavy atom. The van der Waals surface area contributed by atoms with Gasteiger partial charge in [0.25, 0.3) is 10.0 Å². The first-order valence-electron chi connectivity index (χ1n) is 9.45. The van der Waals surface area contributed by atoms with E-state index in [1.807, 2.05) is 26.8 Å². The molecule has 30 heavy (non-hydrogen) atoms. The molecule has 3 rings (SSSR count). The van der Waals surface area contributed by atoms with Crippen molar-refractivity contribution in [3.8, 4) is 5.75 Å². The molecule has 0 aliphatic heterocycles. The van der Waals surface area contributed by atoms with Gasteiger partial charge >= 0.3 is 0 Å². The first-order valence-corrected chi connectivity index (χ1v) is 10.9. The zero-order valence-electron chi connectivity index (χ0n) is 17.4. The number of methoxy groups -OCH3 is 1. The van der Waals surface area contributed by atoms with Crippen LogP contribution in [0.15, 0.2) is 53.4 Å². The lowest BCUT2D eigenvalue weighted by atomic mass is 10.2. The summed E-state index contributed by atoms with van der Waals surface area (Å²) in [4.78, 5) is 8.83. The zero-order valence-corrected chi connectivity index (χ0v) is 18.2. The van der Waals surface area contributed by atoms with Crippen LogP contribution in [0, 0.1) is 13.8 Å². The number of nitrogens with zero attached hydrogens (tertiary/aromatic N) is 2. The number of benzene rings is 2. The van der Waals surface area contributed by atoms with Crippen molar-refractivity contribution in [2.75, 3.05) is 29.0 Å². The summed E-state index contributed by atoms with van der Waals surface area (Å²) in [5.41, 5.74) is 2.87. The summed E-state index contributed by atoms with van der Waals surface area (Å²) in [5.74, 6) is 1.50. The van der Waals surface area contributed by atoms with Crippen LogP contribution in [0.1, 0.15) is 18.2 Å². The number of anilines is 4. The van der Waals surface area contributed by atoms with Gasteiger partial charge in [-0.2, -0.15) is 4.98 Å². The second-order valence-electron chi connectivity index (χ2n) is 6.71. The van der Waals surface area contributed by atoms with Crippen molar-refractivity contribution in [1.82, 2.24) is 9.97 Å². The third kappa shape index (κ3) is 5.18. The summed E-state index contributed by atoms with van der Waals surface area (Å²) in [6.45, 7) is 6.43. The maximum absolute atomic E-state index is 12.8. The van der Waals surface area contributed by atoms with E-state index in [9.17, 15) is 8.42 Å². The number of hydrogen-bond acceptors (Lipinski definition) is 7. The van der Waals surface area contributed by atoms with Gasteiger partial charge in [0, 0.05) is 29.7 Å². The Balaban J connectivity index is 1.77. The predicted molar refractivity (Wildman–Crippen MR) is 119 cm³/mol. The zero-order chi connectivity index (χ0) is 21.7. The van der Waals surface area contributed by atoms with Crippen molar-refractivity contribution >= 4 is 33.2 Å². The first-order chi connectivity index (χ1) is 14.3. The molecule has 0 atom stereocenters. The van der Waals surface area contributed by atoms with Gasteiger partial charge in [-0.05, 0) is 62.7 Å². The molecule has 0 unspecified atom stereocenters. The maximum atomic E-state index is 12.8. The molecule has 3 aromatic rings. The fourth-order valence-corrected chi connectivity index (χ4v) is 4.16. The van der Waals surface area contributed by atoms with Crippen molar-refractivity contribution in [3.05, 3.63) is 59.8 Å². The largest absolute Gasteiger partial charge is 0.495 e. The summed E-state index contributed by atoms with van der Waals surface area (Å²) in [7, 11) is -2.35. The molecule has 0 aliphatic carbocycles. The smallest absolute Gasteiger partial charge is 0.265 e. The summed E-state index contributed by atoms with van der Waals surface area (Å²) in [6, 6.07) is 13.8. The molecular formula is C21H25N5O3S. The molecule has 9 heteroatoms. The highest BCUT2D eigenvalue weighted by Crippen LogP contribution is 2.27. The number of ether oxygens (including phenoxy) is 1. The lowest BCUT2D eigenvalue weighted by Crippen LogP contribution is -2.14. The van der Waals surface area contributed by atoms with Crippen LogP contribution in [-0.4, -0.2) is 32.0 Å². The molecule has 0 amide bonds. The van der Waals surface area contributed by atoms with Gasteiger partial charge in [0.15, 0.2) is 0 Å². The monoisotopic (exact) mass is 427 g/mol. The Morgan fingerprint density at radius 3 is 2.33 bits per heavy atom. The van der Waals surface area contributed by atoms with Crippen LogP contribution in [0.2, 0.25) is 0 Å². The normalized spacial score (nSPS) is 11.1. The van der Waals surface area contributed by atoms with Crippen molar-refractivity contribution in [2.45, 2.75) is 25.7 Å². The SMILES string of the molecule is CCNc1nc(C)cc(Nc2ccc(NS(=O)(=O)c3cc(C)ccc3OC)cc2)n1. The van der Waals surface area contributed by atoms with Crippen LogP contribution >= 0.6 is 0 Å². The lowest BCUT2D eigenvalue weighted by Gasteiger charge is -2.13. The second kappa shape index (κ2) is 9.00. The highest BCUT2D eigenvalue weighted by Gasteiger charge is 2.19. The number of nitrogens with one attached hydrogen (secondary N) is 3. The molecule has 0 saturated heterocycles. The molecule has 0 aliphatic rings. The average molecular weight is 428 g/mol. The number of aryl methyl sites for hydroxylation is 2. The van der Waals surface area contributed by atoms with Gasteiger partial charge < -0.3 is 15.4 Å². The molecule has 0 bridgehead atoms. The van der Waals surface area contributed by atoms with E-state index < -0.39 is 10.0 Å². The first kappa shape index (κ1) is 21.4. The molecule has 8 nitrogen and oxygen atoms in total. The maximum Gasteiger partial charge on any atom is 0.265 e. The number of sulfonamides is 1. The van der Waals surface area contributed by atoms with Crippen LogP contribution in [0.3, 0.4) is 0 Å². The van der Waals surface area contributed by atoms with Gasteiger partial charge in [0.05, 0.1) is 7.11 Å². The topological polar surface area (TPSA) is 105 Å². The number of aromatic nitrogens is 2. The van der Waals surface area contributed by atoms with Gasteiger partial charge in [-0.25, -0.2) is 13.4 Å². The van der Waals surface area contributed by atoms with Gasteiger partial charge in [-0.1, -0.05) is 6.07 Å². The number of rotatable bonds is 8. The summed E-state index contributed by atoms with van der Waals surface area (Å²) < 4.78 is 33.4. The molecule has 3 N–H and O–H groups in total. The Kier molecular flexibility index (Phi) is 6.41. The minimum Gasteiger partial charge on any atom is -0.495 e. The van der Waals surface area contributed by atoms with Crippen LogP contribution in [0.4, 0.5) is 23.1 Å². The van der Waals surface area contributed by atoms with Gasteiger partial charge in [-0.3, -0.25) is 4.72 Å². The minimum absolute atomic E-state index is 0.0969. The van der Waals surface area contributed by atoms with E-state index >= 15 is 0 Å². The highest BCUT2D eigenvalue weighted by atomic mass is 32.2. The van der Waals surface area contributed by atoms with Crippen molar-refractivity contribution in [2.24, 2.45) is 0 Å². The summed E-state index contributed by atoms with van der Waals surface area (Å²) in [6.07, 6.45) is 0. The van der Waals surface area contributed by atoms with E-state index in [4.69, 9.17) is 4.74 Å². The molecule has 0 saturated carbocycles. The molecule has 2 aromatic carbocycles. The Labute approximate surface area is 176 Å². The fourth-order valence-electron chi connectivity index (χ4n) is 2.84. The van der Waals surface area contributed by atoms with Crippen molar-refractivity contribution < 1.29 is 13.2 Å². The second-order valence-corrected chi connectivity index (χ2v) is 8.36. The molecule has 0 fully saturated rings. The van der Waals surface area contributed by atoms with Gasteiger partial charge in [0.2, 0.25) is 5.95 Å². The fraction of sp³-hybridized carbons (Fsp3) is 0.238. The van der Waals surface area contributed by atoms with Crippen LogP contribution < -0.4 is 20.1 Å². The van der Waals surface area contributed by atoms with Crippen LogP contribution in [-0.2, 0) is 10.0 Å². The summed E-state index contributed by atoms with van der Waals surface area (Å²) in [5, 5.41) is 6.29. The van der Waals surface area contributed by atoms with E-state index in [0.717, 1.165) is 23.5 Å². The van der Waals surface area contributed by atoms with E-state index in [0.29, 0.717) is 23.2 Å². The Hall–Kier alpha value is -3.33. The summed E-state index contributed by atoms with van der Waals surface area (Å²) >= 11 is 0. The molecular weight excluding hydrogens is 402 g/mol. The van der Waals surface area contributed by atoms with E-state index in [1.54, 1.807) is 42.5 Å². The molecule has 1 heterocycles. The highest BCUT2D eigenvalue weighted by molar-refractivity contribution is 7.92. The quantitative estimate of drug-likeness (QED) is 0.497. The van der Waals surface area contributed by atoms with E-state index in [2.05, 4.69) is 25.3 Å². The van der Waals surface area contributed by atoms with E-state index in [1.165, 1.54) is 7.11 Å². The van der Waals surface area contributed by atoms with Crippen LogP contribution in [0.5, 0.6) is 5.75 Å². The van der Waals surface area contributed by atoms with Crippen molar-refractivity contribution in [3.63, 3.8) is 0 Å². The van der Waals surface area contributed by atoms with Crippen molar-refractivity contribution in [1.29, 1.82) is 0 Å². The Morgan fingerprint density at radius 2 is 1.67 bits per heavy atom. The predicted octanol–water partition coefficient (Wildman–Crippen LogP) is 4.08.